The molecule has 3 N–H and O–H groups in total. The molecule has 1 aliphatic heterocycles. The van der Waals surface area contributed by atoms with Gasteiger partial charge in [0.2, 0.25) is 0 Å². The number of nitrogens with one attached hydrogen (secondary N) is 1. The van der Waals surface area contributed by atoms with Crippen molar-refractivity contribution in [3.63, 3.8) is 0 Å². The van der Waals surface area contributed by atoms with Gasteiger partial charge in [0.1, 0.15) is 0 Å². The lowest BCUT2D eigenvalue weighted by Gasteiger charge is -2.52. The molecule has 0 radical (unpaired) electrons. The Bertz CT molecular complexity index is 357. The van der Waals surface area contributed by atoms with Gasteiger partial charge in [0.05, 0.1) is 12.1 Å². The van der Waals surface area contributed by atoms with Gasteiger partial charge in [-0.25, -0.2) is 0 Å². The van der Waals surface area contributed by atoms with Gasteiger partial charge in [0.25, 0.3) is 10.2 Å². The highest BCUT2D eigenvalue weighted by molar-refractivity contribution is 7.87. The molecule has 94 valence electrons. The van der Waals surface area contributed by atoms with Crippen molar-refractivity contribution < 1.29 is 13.2 Å². The average Bonchev–Trinajstić information content (AvgIpc) is 2.25. The van der Waals surface area contributed by atoms with Gasteiger partial charge >= 0.3 is 0 Å². The maximum atomic E-state index is 11.7. The van der Waals surface area contributed by atoms with E-state index in [4.69, 9.17) is 10.5 Å². The van der Waals surface area contributed by atoms with Crippen molar-refractivity contribution >= 4 is 10.2 Å². The third-order valence-corrected chi connectivity index (χ3v) is 4.97. The fraction of sp³-hybridized carbons (Fsp3) is 1.00. The summed E-state index contributed by atoms with van der Waals surface area (Å²) < 4.78 is 32.6. The molecule has 1 aliphatic carbocycles. The molecule has 0 aromatic rings. The SMILES string of the molecule is CN(C)S(=O)(=O)NC1C(N)C2CCCOC21. The van der Waals surface area contributed by atoms with Crippen molar-refractivity contribution in [1.82, 2.24) is 9.03 Å². The van der Waals surface area contributed by atoms with Gasteiger partial charge in [0, 0.05) is 32.7 Å². The van der Waals surface area contributed by atoms with Crippen molar-refractivity contribution in [2.45, 2.75) is 31.0 Å². The first-order valence-electron chi connectivity index (χ1n) is 5.50. The van der Waals surface area contributed by atoms with Crippen LogP contribution in [-0.2, 0) is 14.9 Å². The van der Waals surface area contributed by atoms with Crippen LogP contribution in [0.2, 0.25) is 0 Å². The van der Waals surface area contributed by atoms with Crippen LogP contribution in [0.3, 0.4) is 0 Å². The van der Waals surface area contributed by atoms with Crippen molar-refractivity contribution in [3.8, 4) is 0 Å². The molecule has 2 rings (SSSR count). The molecule has 0 spiro atoms. The minimum absolute atomic E-state index is 0.0431. The first-order chi connectivity index (χ1) is 7.43. The maximum Gasteiger partial charge on any atom is 0.279 e. The van der Waals surface area contributed by atoms with E-state index in [2.05, 4.69) is 4.72 Å². The van der Waals surface area contributed by atoms with E-state index in [0.717, 1.165) is 17.1 Å². The van der Waals surface area contributed by atoms with E-state index in [1.165, 1.54) is 14.1 Å². The van der Waals surface area contributed by atoms with Crippen LogP contribution in [-0.4, -0.2) is 51.6 Å². The van der Waals surface area contributed by atoms with Gasteiger partial charge in [-0.05, 0) is 12.8 Å². The van der Waals surface area contributed by atoms with E-state index in [9.17, 15) is 8.42 Å². The van der Waals surface area contributed by atoms with Gasteiger partial charge < -0.3 is 10.5 Å². The molecule has 1 saturated heterocycles. The number of nitrogens with two attached hydrogens (primary N) is 1. The monoisotopic (exact) mass is 249 g/mol. The molecule has 2 fully saturated rings. The summed E-state index contributed by atoms with van der Waals surface area (Å²) >= 11 is 0. The number of ether oxygens (including phenoxy) is 1. The molecule has 4 unspecified atom stereocenters. The Morgan fingerprint density at radius 2 is 2.12 bits per heavy atom. The average molecular weight is 249 g/mol. The van der Waals surface area contributed by atoms with Crippen molar-refractivity contribution in [3.05, 3.63) is 0 Å². The van der Waals surface area contributed by atoms with Crippen molar-refractivity contribution in [2.24, 2.45) is 11.7 Å². The van der Waals surface area contributed by atoms with Gasteiger partial charge in [-0.3, -0.25) is 0 Å². The minimum atomic E-state index is -3.42. The van der Waals surface area contributed by atoms with E-state index in [1.54, 1.807) is 0 Å². The Morgan fingerprint density at radius 3 is 2.75 bits per heavy atom. The molecule has 2 aliphatic rings. The molecule has 4 atom stereocenters. The normalized spacial score (nSPS) is 39.2. The number of hydrogen-bond acceptors (Lipinski definition) is 4. The molecule has 1 heterocycles. The van der Waals surface area contributed by atoms with E-state index < -0.39 is 10.2 Å². The summed E-state index contributed by atoms with van der Waals surface area (Å²) in [6.45, 7) is 0.702. The van der Waals surface area contributed by atoms with Crippen LogP contribution in [0.5, 0.6) is 0 Å². The van der Waals surface area contributed by atoms with E-state index in [1.807, 2.05) is 0 Å². The zero-order valence-electron chi connectivity index (χ0n) is 9.59. The molecule has 16 heavy (non-hydrogen) atoms. The van der Waals surface area contributed by atoms with Crippen LogP contribution in [0.15, 0.2) is 0 Å². The Labute approximate surface area is 96.3 Å². The van der Waals surface area contributed by atoms with Crippen molar-refractivity contribution in [1.29, 1.82) is 0 Å². The highest BCUT2D eigenvalue weighted by atomic mass is 32.2. The smallest absolute Gasteiger partial charge is 0.279 e. The van der Waals surface area contributed by atoms with Gasteiger partial charge in [-0.15, -0.1) is 0 Å². The summed E-state index contributed by atoms with van der Waals surface area (Å²) in [5.74, 6) is 0.309. The molecule has 0 amide bonds. The topological polar surface area (TPSA) is 84.7 Å². The van der Waals surface area contributed by atoms with E-state index >= 15 is 0 Å². The maximum absolute atomic E-state index is 11.7. The fourth-order valence-corrected chi connectivity index (χ4v) is 3.22. The summed E-state index contributed by atoms with van der Waals surface area (Å²) in [4.78, 5) is 0. The molecule has 0 aromatic carbocycles. The number of hydrogen-bond donors (Lipinski definition) is 2. The van der Waals surface area contributed by atoms with Crippen LogP contribution in [0.1, 0.15) is 12.8 Å². The van der Waals surface area contributed by atoms with E-state index in [-0.39, 0.29) is 18.2 Å². The molecule has 0 aromatic heterocycles. The third kappa shape index (κ3) is 1.98. The molecule has 7 heteroatoms. The lowest BCUT2D eigenvalue weighted by atomic mass is 9.69. The molecule has 6 nitrogen and oxygen atoms in total. The Morgan fingerprint density at radius 1 is 1.44 bits per heavy atom. The summed E-state index contributed by atoms with van der Waals surface area (Å²) in [6, 6.07) is -0.405. The zero-order chi connectivity index (χ0) is 11.9. The predicted molar refractivity (Wildman–Crippen MR) is 60.0 cm³/mol. The zero-order valence-corrected chi connectivity index (χ0v) is 10.4. The molecule has 1 saturated carbocycles. The van der Waals surface area contributed by atoms with Crippen LogP contribution in [0.25, 0.3) is 0 Å². The quantitative estimate of drug-likeness (QED) is 0.664. The highest BCUT2D eigenvalue weighted by Crippen LogP contribution is 2.37. The Hall–Kier alpha value is -0.210. The fourth-order valence-electron chi connectivity index (χ4n) is 2.37. The number of nitrogens with zero attached hydrogens (tertiary/aromatic N) is 1. The first-order valence-corrected chi connectivity index (χ1v) is 6.94. The summed E-state index contributed by atoms with van der Waals surface area (Å²) in [7, 11) is -0.435. The lowest BCUT2D eigenvalue weighted by Crippen LogP contribution is -2.72. The van der Waals surface area contributed by atoms with Crippen LogP contribution >= 0.6 is 0 Å². The lowest BCUT2D eigenvalue weighted by molar-refractivity contribution is -0.114. The van der Waals surface area contributed by atoms with Crippen molar-refractivity contribution in [2.75, 3.05) is 20.7 Å². The van der Waals surface area contributed by atoms with Gasteiger partial charge in [0.15, 0.2) is 0 Å². The van der Waals surface area contributed by atoms with E-state index in [0.29, 0.717) is 12.5 Å². The van der Waals surface area contributed by atoms with Crippen LogP contribution < -0.4 is 10.5 Å². The minimum Gasteiger partial charge on any atom is -0.376 e. The number of fused-ring (bicyclic) bond motifs is 1. The van der Waals surface area contributed by atoms with Gasteiger partial charge in [-0.2, -0.15) is 17.4 Å². The number of rotatable bonds is 3. The van der Waals surface area contributed by atoms with Crippen LogP contribution in [0, 0.1) is 5.92 Å². The molecule has 0 bridgehead atoms. The molecular weight excluding hydrogens is 230 g/mol. The standard InChI is InChI=1S/C9H19N3O3S/c1-12(2)16(13,14)11-8-7(10)6-4-3-5-15-9(6)8/h6-9,11H,3-5,10H2,1-2H3. The molecular formula is C9H19N3O3S. The highest BCUT2D eigenvalue weighted by Gasteiger charge is 2.51. The second-order valence-electron chi connectivity index (χ2n) is 4.65. The second kappa shape index (κ2) is 4.23. The Balaban J connectivity index is 2.01. The van der Waals surface area contributed by atoms with Gasteiger partial charge in [-0.1, -0.05) is 0 Å². The second-order valence-corrected chi connectivity index (χ2v) is 6.57. The first kappa shape index (κ1) is 12.3. The summed E-state index contributed by atoms with van der Waals surface area (Å²) in [5, 5.41) is 0. The predicted octanol–water partition coefficient (Wildman–Crippen LogP) is -1.11. The largest absolute Gasteiger partial charge is 0.376 e. The third-order valence-electron chi connectivity index (χ3n) is 3.44. The summed E-state index contributed by atoms with van der Waals surface area (Å²) in [6.07, 6.45) is 2.01. The summed E-state index contributed by atoms with van der Waals surface area (Å²) in [5.41, 5.74) is 5.96. The van der Waals surface area contributed by atoms with Crippen LogP contribution in [0.4, 0.5) is 0 Å². The Kier molecular flexibility index (Phi) is 3.24.